The third-order valence-electron chi connectivity index (χ3n) is 5.13. The van der Waals surface area contributed by atoms with E-state index in [1.54, 1.807) is 0 Å². The second kappa shape index (κ2) is 6.47. The smallest absolute Gasteiger partial charge is 0.153 e. The maximum Gasteiger partial charge on any atom is 0.153 e. The molecule has 1 aliphatic heterocycles. The van der Waals surface area contributed by atoms with Gasteiger partial charge in [0.15, 0.2) is 5.82 Å². The molecule has 1 heterocycles. The van der Waals surface area contributed by atoms with E-state index >= 15 is 0 Å². The lowest BCUT2D eigenvalue weighted by atomic mass is 9.79. The van der Waals surface area contributed by atoms with E-state index in [4.69, 9.17) is 5.41 Å². The van der Waals surface area contributed by atoms with Crippen molar-refractivity contribution in [2.24, 2.45) is 5.41 Å². The first-order valence-electron chi connectivity index (χ1n) is 8.48. The maximum absolute atomic E-state index is 14.4. The standard InChI is InChI=1S/C20H23F2N3/c1-4-20(3)11-25(12-20)16-7-5-15(6-8-16)24-19-14(10-23)9-17(21)13(2)18(19)22/h5-10,23-24H,4,11-12H2,1-3H3. The van der Waals surface area contributed by atoms with Gasteiger partial charge in [0.25, 0.3) is 0 Å². The number of hydrogen-bond acceptors (Lipinski definition) is 3. The first-order chi connectivity index (χ1) is 11.9. The van der Waals surface area contributed by atoms with Gasteiger partial charge in [-0.3, -0.25) is 0 Å². The monoisotopic (exact) mass is 343 g/mol. The molecule has 0 aromatic heterocycles. The Morgan fingerprint density at radius 1 is 1.24 bits per heavy atom. The fraction of sp³-hybridized carbons (Fsp3) is 0.350. The zero-order valence-electron chi connectivity index (χ0n) is 14.8. The summed E-state index contributed by atoms with van der Waals surface area (Å²) in [6.45, 7) is 7.98. The summed E-state index contributed by atoms with van der Waals surface area (Å²) in [5.41, 5.74) is 2.50. The Labute approximate surface area is 147 Å². The van der Waals surface area contributed by atoms with Gasteiger partial charge in [-0.15, -0.1) is 0 Å². The van der Waals surface area contributed by atoms with Gasteiger partial charge in [-0.2, -0.15) is 0 Å². The van der Waals surface area contributed by atoms with E-state index < -0.39 is 11.6 Å². The van der Waals surface area contributed by atoms with Crippen LogP contribution in [0, 0.1) is 29.4 Å². The molecule has 2 aromatic rings. The number of benzene rings is 2. The van der Waals surface area contributed by atoms with Crippen LogP contribution in [-0.2, 0) is 0 Å². The summed E-state index contributed by atoms with van der Waals surface area (Å²) in [6.07, 6.45) is 2.12. The van der Waals surface area contributed by atoms with Gasteiger partial charge < -0.3 is 15.6 Å². The Kier molecular flexibility index (Phi) is 4.50. The lowest BCUT2D eigenvalue weighted by Gasteiger charge is -2.49. The normalized spacial score (nSPS) is 15.6. The predicted octanol–water partition coefficient (Wildman–Crippen LogP) is 5.25. The molecule has 5 heteroatoms. The van der Waals surface area contributed by atoms with Crippen molar-refractivity contribution in [1.82, 2.24) is 0 Å². The van der Waals surface area contributed by atoms with E-state index in [-0.39, 0.29) is 16.8 Å². The highest BCUT2D eigenvalue weighted by atomic mass is 19.1. The van der Waals surface area contributed by atoms with E-state index in [1.807, 2.05) is 24.3 Å². The van der Waals surface area contributed by atoms with Crippen LogP contribution < -0.4 is 10.2 Å². The molecular weight excluding hydrogens is 320 g/mol. The molecule has 0 aliphatic carbocycles. The molecule has 0 unspecified atom stereocenters. The highest BCUT2D eigenvalue weighted by molar-refractivity contribution is 5.88. The molecule has 0 radical (unpaired) electrons. The number of anilines is 3. The van der Waals surface area contributed by atoms with Crippen molar-refractivity contribution in [2.75, 3.05) is 23.3 Å². The molecule has 0 saturated carbocycles. The van der Waals surface area contributed by atoms with Crippen LogP contribution in [0.1, 0.15) is 31.4 Å². The summed E-state index contributed by atoms with van der Waals surface area (Å²) in [7, 11) is 0. The maximum atomic E-state index is 14.4. The van der Waals surface area contributed by atoms with Crippen LogP contribution in [0.3, 0.4) is 0 Å². The lowest BCUT2D eigenvalue weighted by Crippen LogP contribution is -2.54. The van der Waals surface area contributed by atoms with Gasteiger partial charge in [0.05, 0.1) is 5.69 Å². The van der Waals surface area contributed by atoms with Crippen molar-refractivity contribution >= 4 is 23.3 Å². The van der Waals surface area contributed by atoms with Crippen molar-refractivity contribution in [1.29, 1.82) is 5.41 Å². The average Bonchev–Trinajstić information content (AvgIpc) is 2.60. The van der Waals surface area contributed by atoms with Crippen LogP contribution in [-0.4, -0.2) is 19.3 Å². The van der Waals surface area contributed by atoms with Gasteiger partial charge in [0.2, 0.25) is 0 Å². The summed E-state index contributed by atoms with van der Waals surface area (Å²) in [5.74, 6) is -1.31. The first-order valence-corrected chi connectivity index (χ1v) is 8.48. The molecule has 0 amide bonds. The molecule has 0 bridgehead atoms. The number of hydrogen-bond donors (Lipinski definition) is 2. The van der Waals surface area contributed by atoms with Crippen molar-refractivity contribution < 1.29 is 8.78 Å². The third kappa shape index (κ3) is 3.23. The van der Waals surface area contributed by atoms with Crippen LogP contribution >= 0.6 is 0 Å². The van der Waals surface area contributed by atoms with Crippen LogP contribution in [0.4, 0.5) is 25.8 Å². The summed E-state index contributed by atoms with van der Waals surface area (Å²) in [6, 6.07) is 8.92. The average molecular weight is 343 g/mol. The van der Waals surface area contributed by atoms with E-state index in [9.17, 15) is 8.78 Å². The van der Waals surface area contributed by atoms with Crippen molar-refractivity contribution in [3.63, 3.8) is 0 Å². The summed E-state index contributed by atoms with van der Waals surface area (Å²) >= 11 is 0. The van der Waals surface area contributed by atoms with E-state index in [0.29, 0.717) is 11.1 Å². The Hall–Kier alpha value is -2.43. The van der Waals surface area contributed by atoms with Gasteiger partial charge in [0.1, 0.15) is 5.82 Å². The third-order valence-corrected chi connectivity index (χ3v) is 5.13. The number of rotatable bonds is 5. The Morgan fingerprint density at radius 2 is 1.88 bits per heavy atom. The summed E-state index contributed by atoms with van der Waals surface area (Å²) in [4.78, 5) is 2.32. The van der Waals surface area contributed by atoms with Gasteiger partial charge in [0, 0.05) is 47.2 Å². The summed E-state index contributed by atoms with van der Waals surface area (Å²) < 4.78 is 28.0. The highest BCUT2D eigenvalue weighted by Gasteiger charge is 2.36. The molecule has 3 nitrogen and oxygen atoms in total. The van der Waals surface area contributed by atoms with Crippen molar-refractivity contribution in [3.05, 3.63) is 53.1 Å². The number of nitrogens with one attached hydrogen (secondary N) is 2. The topological polar surface area (TPSA) is 39.1 Å². The van der Waals surface area contributed by atoms with Crippen molar-refractivity contribution in [3.8, 4) is 0 Å². The number of halogens is 2. The molecule has 3 rings (SSSR count). The molecule has 2 N–H and O–H groups in total. The SMILES string of the molecule is CCC1(C)CN(c2ccc(Nc3c(C=N)cc(F)c(C)c3F)cc2)C1. The van der Waals surface area contributed by atoms with Gasteiger partial charge >= 0.3 is 0 Å². The lowest BCUT2D eigenvalue weighted by molar-refractivity contribution is 0.234. The van der Waals surface area contributed by atoms with Gasteiger partial charge in [-0.25, -0.2) is 8.78 Å². The van der Waals surface area contributed by atoms with Gasteiger partial charge in [-0.1, -0.05) is 13.8 Å². The molecular formula is C20H23F2N3. The largest absolute Gasteiger partial charge is 0.370 e. The fourth-order valence-electron chi connectivity index (χ4n) is 3.16. The second-order valence-corrected chi connectivity index (χ2v) is 7.10. The minimum absolute atomic E-state index is 0.0517. The second-order valence-electron chi connectivity index (χ2n) is 7.10. The molecule has 25 heavy (non-hydrogen) atoms. The Balaban J connectivity index is 1.79. The molecule has 132 valence electrons. The molecule has 2 aromatic carbocycles. The van der Waals surface area contributed by atoms with Crippen LogP contribution in [0.15, 0.2) is 30.3 Å². The molecule has 0 spiro atoms. The molecule has 1 fully saturated rings. The quantitative estimate of drug-likeness (QED) is 0.728. The summed E-state index contributed by atoms with van der Waals surface area (Å²) in [5, 5.41) is 10.4. The minimum atomic E-state index is -0.663. The first kappa shape index (κ1) is 17.4. The van der Waals surface area contributed by atoms with Crippen LogP contribution in [0.5, 0.6) is 0 Å². The van der Waals surface area contributed by atoms with Crippen LogP contribution in [0.25, 0.3) is 0 Å². The molecule has 1 aliphatic rings. The molecule has 1 saturated heterocycles. The van der Waals surface area contributed by atoms with E-state index in [0.717, 1.165) is 25.0 Å². The highest BCUT2D eigenvalue weighted by Crippen LogP contribution is 2.37. The van der Waals surface area contributed by atoms with E-state index in [2.05, 4.69) is 24.1 Å². The van der Waals surface area contributed by atoms with Crippen LogP contribution in [0.2, 0.25) is 0 Å². The zero-order chi connectivity index (χ0) is 18.2. The predicted molar refractivity (Wildman–Crippen MR) is 99.3 cm³/mol. The Morgan fingerprint density at radius 3 is 2.44 bits per heavy atom. The Bertz CT molecular complexity index is 794. The minimum Gasteiger partial charge on any atom is -0.370 e. The zero-order valence-corrected chi connectivity index (χ0v) is 14.8. The van der Waals surface area contributed by atoms with E-state index in [1.165, 1.54) is 19.4 Å². The van der Waals surface area contributed by atoms with Crippen molar-refractivity contribution in [2.45, 2.75) is 27.2 Å². The van der Waals surface area contributed by atoms with Gasteiger partial charge in [-0.05, 0) is 43.7 Å². The fourth-order valence-corrected chi connectivity index (χ4v) is 3.16. The molecule has 0 atom stereocenters. The number of nitrogens with zero attached hydrogens (tertiary/aromatic N) is 1.